The summed E-state index contributed by atoms with van der Waals surface area (Å²) in [5.41, 5.74) is 0.669. The second-order valence-corrected chi connectivity index (χ2v) is 9.46. The van der Waals surface area contributed by atoms with E-state index in [2.05, 4.69) is 15.3 Å². The Morgan fingerprint density at radius 3 is 2.79 bits per heavy atom. The number of nitrogens with one attached hydrogen (secondary N) is 1. The molecule has 0 aromatic carbocycles. The number of carbonyl (C=O) groups is 1. The fraction of sp³-hybridized carbons (Fsp3) is 0.478. The van der Waals surface area contributed by atoms with Crippen molar-refractivity contribution in [3.63, 3.8) is 0 Å². The standard InChI is InChI=1S/C23H30FN7O2/c1-23(2,3)33-22(32)30-10-6-7-16(14-30)26-18-11-20(29(4)5)28-21(27-18)17-12-25-19-9-8-15(24)13-31(17)19/h8-9,11-13,16H,6-7,10,14H2,1-5H3,(H,26,27,28). The maximum absolute atomic E-state index is 13.9. The molecular weight excluding hydrogens is 425 g/mol. The summed E-state index contributed by atoms with van der Waals surface area (Å²) in [5.74, 6) is 1.40. The number of hydrogen-bond acceptors (Lipinski definition) is 7. The number of hydrogen-bond donors (Lipinski definition) is 1. The van der Waals surface area contributed by atoms with Gasteiger partial charge in [0.2, 0.25) is 0 Å². The Labute approximate surface area is 192 Å². The molecule has 1 fully saturated rings. The van der Waals surface area contributed by atoms with E-state index in [-0.39, 0.29) is 18.0 Å². The summed E-state index contributed by atoms with van der Waals surface area (Å²) in [7, 11) is 3.80. The van der Waals surface area contributed by atoms with E-state index in [1.165, 1.54) is 12.3 Å². The Bertz CT molecular complexity index is 1160. The molecule has 0 aliphatic carbocycles. The van der Waals surface area contributed by atoms with Gasteiger partial charge in [-0.25, -0.2) is 24.1 Å². The van der Waals surface area contributed by atoms with Crippen LogP contribution in [0.2, 0.25) is 0 Å². The van der Waals surface area contributed by atoms with Crippen LogP contribution in [0.5, 0.6) is 0 Å². The van der Waals surface area contributed by atoms with Gasteiger partial charge in [-0.15, -0.1) is 0 Å². The molecule has 3 aromatic rings. The van der Waals surface area contributed by atoms with E-state index in [0.29, 0.717) is 41.9 Å². The first-order valence-electron chi connectivity index (χ1n) is 11.0. The van der Waals surface area contributed by atoms with Crippen LogP contribution < -0.4 is 10.2 Å². The third kappa shape index (κ3) is 5.32. The summed E-state index contributed by atoms with van der Waals surface area (Å²) >= 11 is 0. The third-order valence-electron chi connectivity index (χ3n) is 5.29. The zero-order valence-electron chi connectivity index (χ0n) is 19.7. The van der Waals surface area contributed by atoms with Crippen molar-refractivity contribution < 1.29 is 13.9 Å². The molecule has 33 heavy (non-hydrogen) atoms. The highest BCUT2D eigenvalue weighted by atomic mass is 19.1. The Morgan fingerprint density at radius 1 is 1.27 bits per heavy atom. The number of fused-ring (bicyclic) bond motifs is 1. The number of pyridine rings is 1. The highest BCUT2D eigenvalue weighted by molar-refractivity contribution is 5.68. The van der Waals surface area contributed by atoms with Crippen LogP contribution in [0.4, 0.5) is 20.8 Å². The van der Waals surface area contributed by atoms with Gasteiger partial charge in [-0.05, 0) is 45.7 Å². The van der Waals surface area contributed by atoms with E-state index in [1.807, 2.05) is 45.8 Å². The van der Waals surface area contributed by atoms with E-state index in [0.717, 1.165) is 12.8 Å². The summed E-state index contributed by atoms with van der Waals surface area (Å²) in [6.07, 6.45) is 4.46. The Hall–Kier alpha value is -3.43. The number of imidazole rings is 1. The van der Waals surface area contributed by atoms with Gasteiger partial charge in [0.15, 0.2) is 5.82 Å². The van der Waals surface area contributed by atoms with Gasteiger partial charge in [0.25, 0.3) is 0 Å². The predicted molar refractivity (Wildman–Crippen MR) is 125 cm³/mol. The number of piperidine rings is 1. The number of anilines is 2. The normalized spacial score (nSPS) is 16.7. The minimum absolute atomic E-state index is 0.0173. The van der Waals surface area contributed by atoms with Gasteiger partial charge in [0, 0.05) is 45.5 Å². The van der Waals surface area contributed by atoms with Crippen LogP contribution in [0.1, 0.15) is 33.6 Å². The summed E-state index contributed by atoms with van der Waals surface area (Å²) < 4.78 is 21.0. The van der Waals surface area contributed by atoms with Crippen molar-refractivity contribution in [1.82, 2.24) is 24.3 Å². The Morgan fingerprint density at radius 2 is 2.06 bits per heavy atom. The highest BCUT2D eigenvalue weighted by Crippen LogP contribution is 2.25. The number of ether oxygens (including phenoxy) is 1. The quantitative estimate of drug-likeness (QED) is 0.640. The molecule has 1 aliphatic rings. The van der Waals surface area contributed by atoms with Crippen molar-refractivity contribution in [2.75, 3.05) is 37.4 Å². The number of rotatable bonds is 4. The van der Waals surface area contributed by atoms with Crippen molar-refractivity contribution in [3.8, 4) is 11.5 Å². The molecule has 10 heteroatoms. The number of nitrogens with zero attached hydrogens (tertiary/aromatic N) is 6. The lowest BCUT2D eigenvalue weighted by molar-refractivity contribution is 0.0206. The second-order valence-electron chi connectivity index (χ2n) is 9.46. The highest BCUT2D eigenvalue weighted by Gasteiger charge is 2.28. The molecule has 176 valence electrons. The van der Waals surface area contributed by atoms with Gasteiger partial charge in [0.1, 0.15) is 34.4 Å². The molecular formula is C23H30FN7O2. The lowest BCUT2D eigenvalue weighted by atomic mass is 10.1. The molecule has 1 unspecified atom stereocenters. The van der Waals surface area contributed by atoms with Gasteiger partial charge < -0.3 is 19.9 Å². The van der Waals surface area contributed by atoms with Crippen molar-refractivity contribution in [3.05, 3.63) is 36.4 Å². The minimum Gasteiger partial charge on any atom is -0.444 e. The molecule has 1 amide bonds. The number of halogens is 1. The molecule has 0 bridgehead atoms. The monoisotopic (exact) mass is 455 g/mol. The largest absolute Gasteiger partial charge is 0.444 e. The average Bonchev–Trinajstić information content (AvgIpc) is 3.15. The molecule has 0 radical (unpaired) electrons. The third-order valence-corrected chi connectivity index (χ3v) is 5.29. The fourth-order valence-electron chi connectivity index (χ4n) is 3.77. The molecule has 4 heterocycles. The summed E-state index contributed by atoms with van der Waals surface area (Å²) in [6.45, 7) is 6.77. The van der Waals surface area contributed by atoms with E-state index in [9.17, 15) is 9.18 Å². The number of likely N-dealkylation sites (tertiary alicyclic amines) is 1. The van der Waals surface area contributed by atoms with E-state index in [4.69, 9.17) is 9.72 Å². The first-order valence-corrected chi connectivity index (χ1v) is 11.0. The Kier molecular flexibility index (Phi) is 6.09. The van der Waals surface area contributed by atoms with Crippen LogP contribution >= 0.6 is 0 Å². The average molecular weight is 456 g/mol. The van der Waals surface area contributed by atoms with Gasteiger partial charge in [-0.3, -0.25) is 4.40 Å². The molecule has 0 saturated carbocycles. The summed E-state index contributed by atoms with van der Waals surface area (Å²) in [6, 6.07) is 4.86. The molecule has 4 rings (SSSR count). The van der Waals surface area contributed by atoms with Crippen LogP contribution in [0.25, 0.3) is 17.2 Å². The molecule has 1 saturated heterocycles. The van der Waals surface area contributed by atoms with Crippen LogP contribution in [0, 0.1) is 5.82 Å². The van der Waals surface area contributed by atoms with Crippen molar-refractivity contribution in [1.29, 1.82) is 0 Å². The lowest BCUT2D eigenvalue weighted by Gasteiger charge is -2.34. The number of carbonyl (C=O) groups excluding carboxylic acids is 1. The van der Waals surface area contributed by atoms with Gasteiger partial charge in [-0.1, -0.05) is 0 Å². The SMILES string of the molecule is CN(C)c1cc(NC2CCCN(C(=O)OC(C)(C)C)C2)nc(-c2cnc3ccc(F)cn23)n1. The molecule has 1 atom stereocenters. The molecule has 1 N–H and O–H groups in total. The van der Waals surface area contributed by atoms with Crippen molar-refractivity contribution >= 4 is 23.4 Å². The molecule has 9 nitrogen and oxygen atoms in total. The van der Waals surface area contributed by atoms with Crippen molar-refractivity contribution in [2.24, 2.45) is 0 Å². The first kappa shape index (κ1) is 22.8. The maximum atomic E-state index is 13.9. The van der Waals surface area contributed by atoms with Crippen LogP contribution in [-0.4, -0.2) is 69.2 Å². The number of aromatic nitrogens is 4. The van der Waals surface area contributed by atoms with Gasteiger partial charge in [0.05, 0.1) is 6.20 Å². The van der Waals surface area contributed by atoms with Gasteiger partial charge >= 0.3 is 6.09 Å². The molecule has 1 aliphatic heterocycles. The zero-order valence-corrected chi connectivity index (χ0v) is 19.7. The van der Waals surface area contributed by atoms with Crippen LogP contribution in [0.3, 0.4) is 0 Å². The first-order chi connectivity index (χ1) is 15.6. The number of amides is 1. The minimum atomic E-state index is -0.535. The fourth-order valence-corrected chi connectivity index (χ4v) is 3.77. The van der Waals surface area contributed by atoms with Crippen LogP contribution in [-0.2, 0) is 4.74 Å². The van der Waals surface area contributed by atoms with E-state index in [1.54, 1.807) is 21.6 Å². The maximum Gasteiger partial charge on any atom is 0.410 e. The smallest absolute Gasteiger partial charge is 0.410 e. The van der Waals surface area contributed by atoms with E-state index >= 15 is 0 Å². The lowest BCUT2D eigenvalue weighted by Crippen LogP contribution is -2.47. The molecule has 0 spiro atoms. The Balaban J connectivity index is 1.60. The second kappa shape index (κ2) is 8.84. The predicted octanol–water partition coefficient (Wildman–Crippen LogP) is 3.81. The molecule has 3 aromatic heterocycles. The van der Waals surface area contributed by atoms with E-state index < -0.39 is 5.60 Å². The summed E-state index contributed by atoms with van der Waals surface area (Å²) in [5, 5.41) is 3.45. The zero-order chi connectivity index (χ0) is 23.8. The van der Waals surface area contributed by atoms with Crippen molar-refractivity contribution in [2.45, 2.75) is 45.3 Å². The van der Waals surface area contributed by atoms with Gasteiger partial charge in [-0.2, -0.15) is 0 Å². The van der Waals surface area contributed by atoms with Crippen LogP contribution in [0.15, 0.2) is 30.6 Å². The summed E-state index contributed by atoms with van der Waals surface area (Å²) in [4.78, 5) is 29.8. The topological polar surface area (TPSA) is 87.9 Å².